The van der Waals surface area contributed by atoms with Gasteiger partial charge in [-0.05, 0) is 52.6 Å². The van der Waals surface area contributed by atoms with E-state index in [9.17, 15) is 4.79 Å². The van der Waals surface area contributed by atoms with Crippen LogP contribution in [0.4, 0.5) is 0 Å². The standard InChI is InChI=1S/C16H31N3O/c1-7-15(4)14(20)19(13(17-15)12(2)3)11-16(18(5)6)9-8-10-16/h12-13,17H,7-11H2,1-6H3. The Bertz CT molecular complexity index is 376. The van der Waals surface area contributed by atoms with Crippen LogP contribution in [0.2, 0.25) is 0 Å². The van der Waals surface area contributed by atoms with Crippen LogP contribution in [-0.2, 0) is 4.79 Å². The Balaban J connectivity index is 2.21. The molecule has 2 aliphatic rings. The van der Waals surface area contributed by atoms with E-state index in [1.807, 2.05) is 6.92 Å². The van der Waals surface area contributed by atoms with E-state index in [1.165, 1.54) is 19.3 Å². The molecule has 0 bridgehead atoms. The van der Waals surface area contributed by atoms with Crippen molar-refractivity contribution in [2.45, 2.75) is 70.6 Å². The third kappa shape index (κ3) is 2.37. The zero-order valence-electron chi connectivity index (χ0n) is 14.0. The molecule has 0 aromatic heterocycles. The quantitative estimate of drug-likeness (QED) is 0.838. The number of carbonyl (C=O) groups is 1. The number of likely N-dealkylation sites (N-methyl/N-ethyl adjacent to an activating group) is 1. The molecular formula is C16H31N3O. The number of rotatable bonds is 5. The van der Waals surface area contributed by atoms with Crippen molar-refractivity contribution in [3.63, 3.8) is 0 Å². The maximum absolute atomic E-state index is 12.9. The van der Waals surface area contributed by atoms with E-state index in [4.69, 9.17) is 0 Å². The van der Waals surface area contributed by atoms with E-state index in [2.05, 4.69) is 50.0 Å². The summed E-state index contributed by atoms with van der Waals surface area (Å²) in [5.74, 6) is 0.721. The second kappa shape index (κ2) is 5.30. The highest BCUT2D eigenvalue weighted by Crippen LogP contribution is 2.39. The van der Waals surface area contributed by atoms with Gasteiger partial charge in [-0.15, -0.1) is 0 Å². The molecule has 1 aliphatic carbocycles. The van der Waals surface area contributed by atoms with Gasteiger partial charge in [-0.3, -0.25) is 10.1 Å². The van der Waals surface area contributed by atoms with Crippen LogP contribution in [0.3, 0.4) is 0 Å². The van der Waals surface area contributed by atoms with E-state index in [-0.39, 0.29) is 23.2 Å². The van der Waals surface area contributed by atoms with Gasteiger partial charge in [-0.25, -0.2) is 0 Å². The Morgan fingerprint density at radius 2 is 2.00 bits per heavy atom. The van der Waals surface area contributed by atoms with Crippen LogP contribution < -0.4 is 5.32 Å². The molecule has 1 amide bonds. The zero-order chi connectivity index (χ0) is 15.1. The predicted octanol–water partition coefficient (Wildman–Crippen LogP) is 2.05. The molecule has 1 heterocycles. The molecule has 4 heteroatoms. The Labute approximate surface area is 123 Å². The first-order valence-corrected chi connectivity index (χ1v) is 8.02. The Morgan fingerprint density at radius 1 is 1.40 bits per heavy atom. The van der Waals surface area contributed by atoms with Gasteiger partial charge in [0.2, 0.25) is 5.91 Å². The van der Waals surface area contributed by atoms with E-state index >= 15 is 0 Å². The molecule has 2 fully saturated rings. The van der Waals surface area contributed by atoms with Crippen LogP contribution in [0.25, 0.3) is 0 Å². The van der Waals surface area contributed by atoms with Gasteiger partial charge in [0.05, 0.1) is 11.7 Å². The summed E-state index contributed by atoms with van der Waals surface area (Å²) in [6.07, 6.45) is 4.71. The zero-order valence-corrected chi connectivity index (χ0v) is 14.0. The van der Waals surface area contributed by atoms with Gasteiger partial charge < -0.3 is 9.80 Å². The highest BCUT2D eigenvalue weighted by atomic mass is 16.2. The molecule has 1 saturated carbocycles. The van der Waals surface area contributed by atoms with Crippen LogP contribution in [0.5, 0.6) is 0 Å². The molecule has 1 N–H and O–H groups in total. The summed E-state index contributed by atoms with van der Waals surface area (Å²) in [5, 5.41) is 3.58. The third-order valence-electron chi connectivity index (χ3n) is 5.57. The normalized spacial score (nSPS) is 33.1. The van der Waals surface area contributed by atoms with Crippen LogP contribution in [0.15, 0.2) is 0 Å². The van der Waals surface area contributed by atoms with Crippen molar-refractivity contribution >= 4 is 5.91 Å². The molecule has 2 unspecified atom stereocenters. The van der Waals surface area contributed by atoms with Crippen molar-refractivity contribution in [1.29, 1.82) is 0 Å². The number of hydrogen-bond acceptors (Lipinski definition) is 3. The molecule has 116 valence electrons. The van der Waals surface area contributed by atoms with Gasteiger partial charge in [0, 0.05) is 12.1 Å². The summed E-state index contributed by atoms with van der Waals surface area (Å²) in [7, 11) is 4.30. The minimum absolute atomic E-state index is 0.171. The van der Waals surface area contributed by atoms with Crippen molar-refractivity contribution in [3.8, 4) is 0 Å². The fraction of sp³-hybridized carbons (Fsp3) is 0.938. The maximum atomic E-state index is 12.9. The summed E-state index contributed by atoms with van der Waals surface area (Å²) < 4.78 is 0. The SMILES string of the molecule is CCC1(C)NC(C(C)C)N(CC2(N(C)C)CCC2)C1=O. The molecule has 0 spiro atoms. The summed E-state index contributed by atoms with van der Waals surface area (Å²) in [6.45, 7) is 9.40. The van der Waals surface area contributed by atoms with Gasteiger partial charge in [-0.2, -0.15) is 0 Å². The average Bonchev–Trinajstić information content (AvgIpc) is 2.58. The van der Waals surface area contributed by atoms with Gasteiger partial charge in [0.15, 0.2) is 0 Å². The van der Waals surface area contributed by atoms with E-state index in [1.54, 1.807) is 0 Å². The van der Waals surface area contributed by atoms with Crippen molar-refractivity contribution in [3.05, 3.63) is 0 Å². The van der Waals surface area contributed by atoms with Crippen LogP contribution >= 0.6 is 0 Å². The lowest BCUT2D eigenvalue weighted by Gasteiger charge is -2.50. The molecule has 2 atom stereocenters. The first kappa shape index (κ1) is 15.8. The lowest BCUT2D eigenvalue weighted by Crippen LogP contribution is -2.59. The number of hydrogen-bond donors (Lipinski definition) is 1. The molecule has 1 saturated heterocycles. The Kier molecular flexibility index (Phi) is 4.18. The molecule has 2 rings (SSSR count). The summed E-state index contributed by atoms with van der Waals surface area (Å²) in [4.78, 5) is 17.3. The number of carbonyl (C=O) groups excluding carboxylic acids is 1. The minimum Gasteiger partial charge on any atom is -0.323 e. The molecule has 0 aromatic carbocycles. The lowest BCUT2D eigenvalue weighted by molar-refractivity contribution is -0.136. The van der Waals surface area contributed by atoms with E-state index < -0.39 is 0 Å². The molecule has 4 nitrogen and oxygen atoms in total. The fourth-order valence-corrected chi connectivity index (χ4v) is 3.51. The van der Waals surface area contributed by atoms with Gasteiger partial charge in [0.25, 0.3) is 0 Å². The van der Waals surface area contributed by atoms with Crippen molar-refractivity contribution in [1.82, 2.24) is 15.1 Å². The maximum Gasteiger partial charge on any atom is 0.243 e. The van der Waals surface area contributed by atoms with Gasteiger partial charge in [-0.1, -0.05) is 20.8 Å². The summed E-state index contributed by atoms with van der Waals surface area (Å²) >= 11 is 0. The third-order valence-corrected chi connectivity index (χ3v) is 5.57. The highest BCUT2D eigenvalue weighted by molar-refractivity contribution is 5.88. The highest BCUT2D eigenvalue weighted by Gasteiger charge is 2.51. The van der Waals surface area contributed by atoms with Crippen LogP contribution in [0, 0.1) is 5.92 Å². The number of nitrogens with one attached hydrogen (secondary N) is 1. The Hall–Kier alpha value is -0.610. The summed E-state index contributed by atoms with van der Waals surface area (Å²) in [6, 6.07) is 0. The summed E-state index contributed by atoms with van der Waals surface area (Å²) in [5.41, 5.74) is -0.185. The number of amides is 1. The van der Waals surface area contributed by atoms with Gasteiger partial charge >= 0.3 is 0 Å². The predicted molar refractivity (Wildman–Crippen MR) is 82.4 cm³/mol. The van der Waals surface area contributed by atoms with Crippen LogP contribution in [-0.4, -0.2) is 53.6 Å². The molecule has 0 aromatic rings. The molecule has 20 heavy (non-hydrogen) atoms. The topological polar surface area (TPSA) is 35.6 Å². The first-order chi connectivity index (χ1) is 9.26. The van der Waals surface area contributed by atoms with E-state index in [0.29, 0.717) is 5.92 Å². The van der Waals surface area contributed by atoms with Crippen molar-refractivity contribution in [2.24, 2.45) is 5.92 Å². The largest absolute Gasteiger partial charge is 0.323 e. The first-order valence-electron chi connectivity index (χ1n) is 8.02. The van der Waals surface area contributed by atoms with Crippen molar-refractivity contribution in [2.75, 3.05) is 20.6 Å². The number of nitrogens with zero attached hydrogens (tertiary/aromatic N) is 2. The molecular weight excluding hydrogens is 250 g/mol. The minimum atomic E-state index is -0.383. The fourth-order valence-electron chi connectivity index (χ4n) is 3.51. The van der Waals surface area contributed by atoms with Gasteiger partial charge in [0.1, 0.15) is 0 Å². The average molecular weight is 281 g/mol. The lowest BCUT2D eigenvalue weighted by atomic mass is 9.75. The monoisotopic (exact) mass is 281 g/mol. The smallest absolute Gasteiger partial charge is 0.243 e. The van der Waals surface area contributed by atoms with E-state index in [0.717, 1.165) is 13.0 Å². The van der Waals surface area contributed by atoms with Crippen LogP contribution in [0.1, 0.15) is 53.4 Å². The Morgan fingerprint density at radius 3 is 2.35 bits per heavy atom. The second-order valence-corrected chi connectivity index (χ2v) is 7.42. The van der Waals surface area contributed by atoms with Crippen molar-refractivity contribution < 1.29 is 4.79 Å². The second-order valence-electron chi connectivity index (χ2n) is 7.42. The molecule has 0 radical (unpaired) electrons. The molecule has 1 aliphatic heterocycles.